The van der Waals surface area contributed by atoms with Gasteiger partial charge in [-0.2, -0.15) is 0 Å². The molecule has 27 heavy (non-hydrogen) atoms. The van der Waals surface area contributed by atoms with Crippen molar-refractivity contribution in [3.63, 3.8) is 0 Å². The lowest BCUT2D eigenvalue weighted by molar-refractivity contribution is -0.146. The molecule has 3 atom stereocenters. The molecule has 1 heterocycles. The standard InChI is InChI=1S/C19H20FN3O4/c1-10(23-18(26)13-5-3-4-6-14(13)19(23)27)17(25)22-12-7-8-15(20)16(9-12)21-11(2)24/h3-4,7-10,13-14H,5-6H2,1-2H3,(H,21,24)(H,22,25). The lowest BCUT2D eigenvalue weighted by atomic mass is 9.85. The predicted octanol–water partition coefficient (Wildman–Crippen LogP) is 2.06. The molecule has 3 rings (SSSR count). The van der Waals surface area contributed by atoms with Gasteiger partial charge in [-0.3, -0.25) is 24.1 Å². The van der Waals surface area contributed by atoms with Gasteiger partial charge in [-0.05, 0) is 38.0 Å². The van der Waals surface area contributed by atoms with Crippen LogP contribution in [-0.2, 0) is 19.2 Å². The highest BCUT2D eigenvalue weighted by molar-refractivity contribution is 6.10. The zero-order chi connectivity index (χ0) is 19.7. The van der Waals surface area contributed by atoms with Gasteiger partial charge in [0.1, 0.15) is 11.9 Å². The number of halogens is 1. The summed E-state index contributed by atoms with van der Waals surface area (Å²) in [6, 6.07) is 2.73. The van der Waals surface area contributed by atoms with Crippen LogP contribution >= 0.6 is 0 Å². The van der Waals surface area contributed by atoms with E-state index in [0.29, 0.717) is 12.8 Å². The van der Waals surface area contributed by atoms with E-state index in [0.717, 1.165) is 11.0 Å². The number of imide groups is 1. The number of likely N-dealkylation sites (tertiary alicyclic amines) is 1. The third kappa shape index (κ3) is 3.60. The fourth-order valence-electron chi connectivity index (χ4n) is 3.46. The number of nitrogens with zero attached hydrogens (tertiary/aromatic N) is 1. The van der Waals surface area contributed by atoms with Crippen molar-refractivity contribution in [2.45, 2.75) is 32.7 Å². The van der Waals surface area contributed by atoms with Crippen LogP contribution in [0.5, 0.6) is 0 Å². The van der Waals surface area contributed by atoms with Crippen molar-refractivity contribution < 1.29 is 23.6 Å². The van der Waals surface area contributed by atoms with Crippen molar-refractivity contribution >= 4 is 35.0 Å². The lowest BCUT2D eigenvalue weighted by Crippen LogP contribution is -2.46. The van der Waals surface area contributed by atoms with E-state index < -0.39 is 35.5 Å². The minimum Gasteiger partial charge on any atom is -0.324 e. The second-order valence-electron chi connectivity index (χ2n) is 6.74. The zero-order valence-corrected chi connectivity index (χ0v) is 15.0. The number of anilines is 2. The molecule has 0 radical (unpaired) electrons. The van der Waals surface area contributed by atoms with Gasteiger partial charge in [0.2, 0.25) is 23.6 Å². The van der Waals surface area contributed by atoms with Crippen molar-refractivity contribution in [1.82, 2.24) is 4.90 Å². The Morgan fingerprint density at radius 3 is 2.26 bits per heavy atom. The van der Waals surface area contributed by atoms with Crippen molar-refractivity contribution in [2.24, 2.45) is 11.8 Å². The van der Waals surface area contributed by atoms with Crippen molar-refractivity contribution in [1.29, 1.82) is 0 Å². The monoisotopic (exact) mass is 373 g/mol. The molecule has 8 heteroatoms. The highest BCUT2D eigenvalue weighted by Crippen LogP contribution is 2.36. The quantitative estimate of drug-likeness (QED) is 0.624. The molecule has 0 spiro atoms. The molecule has 0 bridgehead atoms. The Bertz CT molecular complexity index is 825. The SMILES string of the molecule is CC(=O)Nc1cc(NC(=O)C(C)N2C(=O)C3CC=CCC3C2=O)ccc1F. The maximum Gasteiger partial charge on any atom is 0.247 e. The molecular weight excluding hydrogens is 353 g/mol. The van der Waals surface area contributed by atoms with Crippen molar-refractivity contribution in [2.75, 3.05) is 10.6 Å². The minimum atomic E-state index is -0.995. The number of amides is 4. The Labute approximate surface area is 155 Å². The van der Waals surface area contributed by atoms with Gasteiger partial charge in [0.05, 0.1) is 17.5 Å². The Morgan fingerprint density at radius 1 is 1.11 bits per heavy atom. The van der Waals surface area contributed by atoms with Gasteiger partial charge in [0.25, 0.3) is 0 Å². The van der Waals surface area contributed by atoms with E-state index in [1.54, 1.807) is 0 Å². The van der Waals surface area contributed by atoms with Crippen LogP contribution in [0.4, 0.5) is 15.8 Å². The van der Waals surface area contributed by atoms with Gasteiger partial charge in [-0.15, -0.1) is 0 Å². The van der Waals surface area contributed by atoms with Crippen LogP contribution in [-0.4, -0.2) is 34.6 Å². The normalized spacial score (nSPS) is 22.4. The molecule has 0 saturated carbocycles. The largest absolute Gasteiger partial charge is 0.324 e. The molecule has 1 aliphatic heterocycles. The van der Waals surface area contributed by atoms with Crippen LogP contribution in [0.3, 0.4) is 0 Å². The molecule has 142 valence electrons. The Kier molecular flexibility index (Phi) is 5.07. The molecule has 0 aromatic heterocycles. The van der Waals surface area contributed by atoms with E-state index in [1.165, 1.54) is 26.0 Å². The summed E-state index contributed by atoms with van der Waals surface area (Å²) in [5.74, 6) is -3.15. The first-order valence-corrected chi connectivity index (χ1v) is 8.69. The number of carbonyl (C=O) groups is 4. The molecule has 7 nitrogen and oxygen atoms in total. The summed E-state index contributed by atoms with van der Waals surface area (Å²) in [6.45, 7) is 2.72. The third-order valence-corrected chi connectivity index (χ3v) is 4.85. The maximum absolute atomic E-state index is 13.7. The van der Waals surface area contributed by atoms with Crippen molar-refractivity contribution in [3.8, 4) is 0 Å². The third-order valence-electron chi connectivity index (χ3n) is 4.85. The van der Waals surface area contributed by atoms with Crippen LogP contribution in [0.2, 0.25) is 0 Å². The van der Waals surface area contributed by atoms with Crippen LogP contribution in [0, 0.1) is 17.7 Å². The van der Waals surface area contributed by atoms with Gasteiger partial charge < -0.3 is 10.6 Å². The fraction of sp³-hybridized carbons (Fsp3) is 0.368. The Morgan fingerprint density at radius 2 is 1.70 bits per heavy atom. The predicted molar refractivity (Wildman–Crippen MR) is 96.0 cm³/mol. The Hall–Kier alpha value is -3.03. The average Bonchev–Trinajstić information content (AvgIpc) is 2.88. The number of hydrogen-bond donors (Lipinski definition) is 2. The summed E-state index contributed by atoms with van der Waals surface area (Å²) in [6.07, 6.45) is 4.75. The Balaban J connectivity index is 1.74. The average molecular weight is 373 g/mol. The summed E-state index contributed by atoms with van der Waals surface area (Å²) in [5.41, 5.74) is 0.175. The smallest absolute Gasteiger partial charge is 0.247 e. The van der Waals surface area contributed by atoms with E-state index in [2.05, 4.69) is 10.6 Å². The van der Waals surface area contributed by atoms with Crippen LogP contribution < -0.4 is 10.6 Å². The van der Waals surface area contributed by atoms with Gasteiger partial charge in [-0.25, -0.2) is 4.39 Å². The number of allylic oxidation sites excluding steroid dienone is 2. The first kappa shape index (κ1) is 18.8. The summed E-state index contributed by atoms with van der Waals surface area (Å²) in [4.78, 5) is 49.8. The number of fused-ring (bicyclic) bond motifs is 1. The van der Waals surface area contributed by atoms with Crippen LogP contribution in [0.25, 0.3) is 0 Å². The molecule has 1 aromatic rings. The summed E-state index contributed by atoms with van der Waals surface area (Å²) in [5, 5.41) is 4.89. The van der Waals surface area contributed by atoms with E-state index in [1.807, 2.05) is 12.2 Å². The minimum absolute atomic E-state index is 0.0710. The fourth-order valence-corrected chi connectivity index (χ4v) is 3.46. The summed E-state index contributed by atoms with van der Waals surface area (Å²) < 4.78 is 13.7. The summed E-state index contributed by atoms with van der Waals surface area (Å²) in [7, 11) is 0. The number of carbonyl (C=O) groups excluding carboxylic acids is 4. The highest BCUT2D eigenvalue weighted by Gasteiger charge is 2.50. The van der Waals surface area contributed by atoms with Crippen LogP contribution in [0.1, 0.15) is 26.7 Å². The molecule has 1 aliphatic carbocycles. The topological polar surface area (TPSA) is 95.6 Å². The first-order valence-electron chi connectivity index (χ1n) is 8.69. The molecule has 4 amide bonds. The number of hydrogen-bond acceptors (Lipinski definition) is 4. The van der Waals surface area contributed by atoms with Crippen LogP contribution in [0.15, 0.2) is 30.4 Å². The number of rotatable bonds is 4. The molecule has 2 N–H and O–H groups in total. The van der Waals surface area contributed by atoms with E-state index in [4.69, 9.17) is 0 Å². The first-order chi connectivity index (χ1) is 12.8. The van der Waals surface area contributed by atoms with Crippen molar-refractivity contribution in [3.05, 3.63) is 36.2 Å². The lowest BCUT2D eigenvalue weighted by Gasteiger charge is -2.22. The van der Waals surface area contributed by atoms with Gasteiger partial charge in [-0.1, -0.05) is 12.2 Å². The molecular formula is C19H20FN3O4. The second kappa shape index (κ2) is 7.30. The molecule has 1 aromatic carbocycles. The van der Waals surface area contributed by atoms with E-state index in [-0.39, 0.29) is 23.2 Å². The van der Waals surface area contributed by atoms with E-state index >= 15 is 0 Å². The number of benzene rings is 1. The molecule has 1 fully saturated rings. The molecule has 2 aliphatic rings. The summed E-state index contributed by atoms with van der Waals surface area (Å²) >= 11 is 0. The number of nitrogens with one attached hydrogen (secondary N) is 2. The zero-order valence-electron chi connectivity index (χ0n) is 15.0. The van der Waals surface area contributed by atoms with E-state index in [9.17, 15) is 23.6 Å². The van der Waals surface area contributed by atoms with Gasteiger partial charge in [0, 0.05) is 12.6 Å². The second-order valence-corrected chi connectivity index (χ2v) is 6.74. The highest BCUT2D eigenvalue weighted by atomic mass is 19.1. The van der Waals surface area contributed by atoms with Gasteiger partial charge >= 0.3 is 0 Å². The van der Waals surface area contributed by atoms with Gasteiger partial charge in [0.15, 0.2) is 0 Å². The molecule has 3 unspecified atom stereocenters. The molecule has 1 saturated heterocycles. The maximum atomic E-state index is 13.7.